The second-order valence-corrected chi connectivity index (χ2v) is 8.72. The lowest BCUT2D eigenvalue weighted by molar-refractivity contribution is -0.120. The van der Waals surface area contributed by atoms with Crippen LogP contribution in [0.3, 0.4) is 0 Å². The molecule has 0 aliphatic rings. The summed E-state index contributed by atoms with van der Waals surface area (Å²) in [5.74, 6) is 0.295. The standard InChI is InChI=1S/C23H23N5O2S/c1-5-10-24-20(29)16(4)31-23-26-25-22-27(17-12-14(2)11-15(3)13-17)21(30)18-8-6-7-9-19(18)28(22)23/h5-9,11-13,16H,1,10H2,2-4H3,(H,24,29). The Kier molecular flexibility index (Phi) is 5.65. The van der Waals surface area contributed by atoms with Crippen molar-refractivity contribution in [3.63, 3.8) is 0 Å². The van der Waals surface area contributed by atoms with Crippen LogP contribution in [-0.2, 0) is 4.79 Å². The number of carbonyl (C=O) groups excluding carboxylic acids is 1. The Hall–Kier alpha value is -3.39. The zero-order valence-electron chi connectivity index (χ0n) is 17.6. The normalized spacial score (nSPS) is 12.2. The smallest absolute Gasteiger partial charge is 0.267 e. The van der Waals surface area contributed by atoms with E-state index >= 15 is 0 Å². The molecule has 158 valence electrons. The van der Waals surface area contributed by atoms with Gasteiger partial charge in [-0.25, -0.2) is 4.57 Å². The summed E-state index contributed by atoms with van der Waals surface area (Å²) in [6.07, 6.45) is 1.64. The highest BCUT2D eigenvalue weighted by Gasteiger charge is 2.22. The molecule has 0 spiro atoms. The van der Waals surface area contributed by atoms with Gasteiger partial charge in [0.25, 0.3) is 5.56 Å². The van der Waals surface area contributed by atoms with Gasteiger partial charge in [-0.15, -0.1) is 16.8 Å². The summed E-state index contributed by atoms with van der Waals surface area (Å²) in [7, 11) is 0. The van der Waals surface area contributed by atoms with Crippen molar-refractivity contribution in [2.24, 2.45) is 0 Å². The fraction of sp³-hybridized carbons (Fsp3) is 0.217. The molecule has 0 aliphatic carbocycles. The third-order valence-electron chi connectivity index (χ3n) is 4.93. The van der Waals surface area contributed by atoms with Crippen LogP contribution in [0.15, 0.2) is 65.1 Å². The van der Waals surface area contributed by atoms with Crippen molar-refractivity contribution in [1.82, 2.24) is 24.5 Å². The lowest BCUT2D eigenvalue weighted by Gasteiger charge is -2.14. The van der Waals surface area contributed by atoms with Crippen LogP contribution in [-0.4, -0.2) is 36.9 Å². The maximum atomic E-state index is 13.4. The maximum absolute atomic E-state index is 13.4. The molecule has 1 unspecified atom stereocenters. The van der Waals surface area contributed by atoms with Gasteiger partial charge in [0.05, 0.1) is 21.8 Å². The summed E-state index contributed by atoms with van der Waals surface area (Å²) in [5.41, 5.74) is 3.38. The van der Waals surface area contributed by atoms with Crippen LogP contribution in [0.4, 0.5) is 0 Å². The Morgan fingerprint density at radius 1 is 1.19 bits per heavy atom. The number of benzene rings is 2. The summed E-state index contributed by atoms with van der Waals surface area (Å²) in [5, 5.41) is 12.2. The fourth-order valence-electron chi connectivity index (χ4n) is 3.60. The highest BCUT2D eigenvalue weighted by Crippen LogP contribution is 2.26. The Morgan fingerprint density at radius 3 is 2.61 bits per heavy atom. The van der Waals surface area contributed by atoms with Gasteiger partial charge in [0.2, 0.25) is 11.7 Å². The van der Waals surface area contributed by atoms with E-state index < -0.39 is 5.25 Å². The quantitative estimate of drug-likeness (QED) is 0.372. The zero-order valence-corrected chi connectivity index (χ0v) is 18.4. The van der Waals surface area contributed by atoms with E-state index in [9.17, 15) is 9.59 Å². The molecule has 1 N–H and O–H groups in total. The lowest BCUT2D eigenvalue weighted by atomic mass is 10.1. The molecule has 4 aromatic rings. The van der Waals surface area contributed by atoms with E-state index in [1.165, 1.54) is 11.8 Å². The molecule has 0 fully saturated rings. The molecule has 2 aromatic heterocycles. The van der Waals surface area contributed by atoms with Gasteiger partial charge in [-0.2, -0.15) is 0 Å². The van der Waals surface area contributed by atoms with Crippen LogP contribution < -0.4 is 10.9 Å². The first-order chi connectivity index (χ1) is 14.9. The molecule has 8 heteroatoms. The van der Waals surface area contributed by atoms with Gasteiger partial charge in [-0.1, -0.05) is 36.0 Å². The number of para-hydroxylation sites is 1. The number of amides is 1. The van der Waals surface area contributed by atoms with Gasteiger partial charge < -0.3 is 5.32 Å². The second kappa shape index (κ2) is 8.39. The van der Waals surface area contributed by atoms with E-state index in [1.54, 1.807) is 16.7 Å². The molecule has 0 saturated carbocycles. The van der Waals surface area contributed by atoms with Crippen LogP contribution in [0.1, 0.15) is 18.1 Å². The number of rotatable bonds is 6. The predicted molar refractivity (Wildman–Crippen MR) is 124 cm³/mol. The van der Waals surface area contributed by atoms with Crippen molar-refractivity contribution < 1.29 is 4.79 Å². The van der Waals surface area contributed by atoms with Crippen molar-refractivity contribution in [3.05, 3.63) is 76.6 Å². The third-order valence-corrected chi connectivity index (χ3v) is 5.97. The van der Waals surface area contributed by atoms with Gasteiger partial charge in [0, 0.05) is 6.54 Å². The van der Waals surface area contributed by atoms with Gasteiger partial charge in [0.1, 0.15) is 0 Å². The molecule has 2 heterocycles. The van der Waals surface area contributed by atoms with Crippen LogP contribution in [0.2, 0.25) is 0 Å². The molecule has 2 aromatic carbocycles. The van der Waals surface area contributed by atoms with Crippen LogP contribution >= 0.6 is 11.8 Å². The van der Waals surface area contributed by atoms with E-state index in [0.29, 0.717) is 28.4 Å². The fourth-order valence-corrected chi connectivity index (χ4v) is 4.48. The average molecular weight is 434 g/mol. The Balaban J connectivity index is 1.94. The second-order valence-electron chi connectivity index (χ2n) is 7.42. The Morgan fingerprint density at radius 2 is 1.90 bits per heavy atom. The summed E-state index contributed by atoms with van der Waals surface area (Å²) in [4.78, 5) is 25.8. The SMILES string of the molecule is C=CCNC(=O)C(C)Sc1nnc2n(-c3cc(C)cc(C)c3)c(=O)c3ccccc3n12. The number of hydrogen-bond donors (Lipinski definition) is 1. The average Bonchev–Trinajstić information content (AvgIpc) is 3.14. The molecular formula is C23H23N5O2S. The molecule has 0 aliphatic heterocycles. The number of fused-ring (bicyclic) bond motifs is 3. The maximum Gasteiger partial charge on any atom is 0.267 e. The number of carbonyl (C=O) groups is 1. The molecular weight excluding hydrogens is 410 g/mol. The van der Waals surface area contributed by atoms with Crippen LogP contribution in [0.5, 0.6) is 0 Å². The summed E-state index contributed by atoms with van der Waals surface area (Å²) < 4.78 is 3.43. The summed E-state index contributed by atoms with van der Waals surface area (Å²) in [6, 6.07) is 13.3. The monoisotopic (exact) mass is 433 g/mol. The number of thioether (sulfide) groups is 1. The van der Waals surface area contributed by atoms with Gasteiger partial charge in [0.15, 0.2) is 5.16 Å². The topological polar surface area (TPSA) is 81.3 Å². The summed E-state index contributed by atoms with van der Waals surface area (Å²) >= 11 is 1.30. The molecule has 7 nitrogen and oxygen atoms in total. The number of nitrogens with one attached hydrogen (secondary N) is 1. The molecule has 4 rings (SSSR count). The Bertz CT molecular complexity index is 1350. The predicted octanol–water partition coefficient (Wildman–Crippen LogP) is 3.43. The highest BCUT2D eigenvalue weighted by atomic mass is 32.2. The molecule has 0 saturated heterocycles. The number of aromatic nitrogens is 4. The van der Waals surface area contributed by atoms with Crippen molar-refractivity contribution >= 4 is 34.3 Å². The van der Waals surface area contributed by atoms with Crippen LogP contribution in [0, 0.1) is 13.8 Å². The zero-order chi connectivity index (χ0) is 22.1. The molecule has 1 atom stereocenters. The molecule has 0 radical (unpaired) electrons. The van der Waals surface area contributed by atoms with Gasteiger partial charge in [-0.05, 0) is 56.2 Å². The summed E-state index contributed by atoms with van der Waals surface area (Å²) in [6.45, 7) is 9.82. The van der Waals surface area contributed by atoms with Gasteiger partial charge in [-0.3, -0.25) is 14.0 Å². The number of nitrogens with zero attached hydrogens (tertiary/aromatic N) is 4. The van der Waals surface area contributed by atoms with E-state index in [2.05, 4.69) is 28.2 Å². The largest absolute Gasteiger partial charge is 0.352 e. The minimum atomic E-state index is -0.396. The van der Waals surface area contributed by atoms with Crippen molar-refractivity contribution in [2.45, 2.75) is 31.2 Å². The number of aryl methyl sites for hydroxylation is 2. The first-order valence-electron chi connectivity index (χ1n) is 9.93. The Labute approximate surface area is 183 Å². The molecule has 31 heavy (non-hydrogen) atoms. The lowest BCUT2D eigenvalue weighted by Crippen LogP contribution is -2.31. The van der Waals surface area contributed by atoms with E-state index in [0.717, 1.165) is 16.8 Å². The minimum absolute atomic E-state index is 0.117. The van der Waals surface area contributed by atoms with E-state index in [-0.39, 0.29) is 11.5 Å². The molecule has 1 amide bonds. The third kappa shape index (κ3) is 3.86. The van der Waals surface area contributed by atoms with Crippen molar-refractivity contribution in [2.75, 3.05) is 6.54 Å². The van der Waals surface area contributed by atoms with Crippen molar-refractivity contribution in [3.8, 4) is 5.69 Å². The van der Waals surface area contributed by atoms with E-state index in [1.807, 2.05) is 55.5 Å². The van der Waals surface area contributed by atoms with Gasteiger partial charge >= 0.3 is 0 Å². The van der Waals surface area contributed by atoms with Crippen LogP contribution in [0.25, 0.3) is 22.4 Å². The minimum Gasteiger partial charge on any atom is -0.352 e. The number of hydrogen-bond acceptors (Lipinski definition) is 5. The molecule has 0 bridgehead atoms. The first-order valence-corrected chi connectivity index (χ1v) is 10.8. The first kappa shape index (κ1) is 20.9. The highest BCUT2D eigenvalue weighted by molar-refractivity contribution is 8.00. The van der Waals surface area contributed by atoms with Crippen molar-refractivity contribution in [1.29, 1.82) is 0 Å². The van der Waals surface area contributed by atoms with E-state index in [4.69, 9.17) is 0 Å².